The van der Waals surface area contributed by atoms with Crippen LogP contribution in [-0.4, -0.2) is 37.1 Å². The van der Waals surface area contributed by atoms with E-state index in [0.717, 1.165) is 30.1 Å². The molecule has 0 radical (unpaired) electrons. The highest BCUT2D eigenvalue weighted by Crippen LogP contribution is 2.31. The Morgan fingerprint density at radius 3 is 2.76 bits per heavy atom. The van der Waals surface area contributed by atoms with Gasteiger partial charge in [-0.05, 0) is 32.3 Å². The van der Waals surface area contributed by atoms with Crippen molar-refractivity contribution in [3.63, 3.8) is 0 Å². The fraction of sp³-hybridized carbons (Fsp3) is 0.357. The number of nitrogen functional groups attached to an aromatic ring is 1. The Balaban J connectivity index is 2.25. The minimum absolute atomic E-state index is 0.423. The number of nitrogens with zero attached hydrogens (tertiary/aromatic N) is 2. The van der Waals surface area contributed by atoms with Crippen LogP contribution >= 0.6 is 11.3 Å². The lowest BCUT2D eigenvalue weighted by Crippen LogP contribution is -2.26. The summed E-state index contributed by atoms with van der Waals surface area (Å²) in [5, 5.41) is 3.50. The zero-order chi connectivity index (χ0) is 15.4. The van der Waals surface area contributed by atoms with Crippen LogP contribution in [0.25, 0.3) is 11.3 Å². The molecule has 2 rings (SSSR count). The fourth-order valence-corrected chi connectivity index (χ4v) is 2.91. The molecule has 114 valence electrons. The Labute approximate surface area is 126 Å². The fourth-order valence-electron chi connectivity index (χ4n) is 1.97. The van der Waals surface area contributed by atoms with Crippen molar-refractivity contribution in [2.75, 3.05) is 32.9 Å². The van der Waals surface area contributed by atoms with Crippen LogP contribution in [0, 0.1) is 11.6 Å². The zero-order valence-corrected chi connectivity index (χ0v) is 12.8. The van der Waals surface area contributed by atoms with Crippen molar-refractivity contribution in [1.82, 2.24) is 15.2 Å². The second-order valence-electron chi connectivity index (χ2n) is 4.79. The lowest BCUT2D eigenvalue weighted by Gasteiger charge is -2.15. The van der Waals surface area contributed by atoms with Gasteiger partial charge in [0.25, 0.3) is 0 Å². The molecule has 21 heavy (non-hydrogen) atoms. The number of likely N-dealkylation sites (N-methyl/N-ethyl adjacent to an activating group) is 2. The van der Waals surface area contributed by atoms with Gasteiger partial charge in [0.15, 0.2) is 16.8 Å². The van der Waals surface area contributed by atoms with Gasteiger partial charge in [-0.25, -0.2) is 13.8 Å². The number of benzene rings is 1. The minimum Gasteiger partial charge on any atom is -0.375 e. The average molecular weight is 312 g/mol. The van der Waals surface area contributed by atoms with Gasteiger partial charge < -0.3 is 11.1 Å². The quantitative estimate of drug-likeness (QED) is 0.859. The monoisotopic (exact) mass is 312 g/mol. The summed E-state index contributed by atoms with van der Waals surface area (Å²) < 4.78 is 26.4. The van der Waals surface area contributed by atoms with Crippen LogP contribution in [0.5, 0.6) is 0 Å². The number of anilines is 1. The van der Waals surface area contributed by atoms with Crippen molar-refractivity contribution < 1.29 is 8.78 Å². The third-order valence-electron chi connectivity index (χ3n) is 3.06. The molecule has 0 aliphatic heterocycles. The summed E-state index contributed by atoms with van der Waals surface area (Å²) in [5.74, 6) is -1.75. The van der Waals surface area contributed by atoms with Crippen molar-refractivity contribution in [2.45, 2.75) is 6.54 Å². The first-order valence-electron chi connectivity index (χ1n) is 6.55. The molecule has 1 aromatic heterocycles. The molecule has 0 saturated heterocycles. The number of hydrogen-bond acceptors (Lipinski definition) is 5. The molecule has 1 heterocycles. The molecule has 0 aliphatic rings. The number of halogens is 2. The molecular formula is C14H18F2N4S. The van der Waals surface area contributed by atoms with Crippen LogP contribution < -0.4 is 11.1 Å². The smallest absolute Gasteiger partial charge is 0.180 e. The highest BCUT2D eigenvalue weighted by molar-refractivity contribution is 7.15. The molecule has 7 heteroatoms. The van der Waals surface area contributed by atoms with Crippen molar-refractivity contribution >= 4 is 16.5 Å². The molecule has 2 aromatic rings. The first-order valence-corrected chi connectivity index (χ1v) is 7.36. The van der Waals surface area contributed by atoms with Crippen LogP contribution in [0.4, 0.5) is 13.9 Å². The van der Waals surface area contributed by atoms with Crippen LogP contribution in [0.3, 0.4) is 0 Å². The van der Waals surface area contributed by atoms with Gasteiger partial charge in [-0.3, -0.25) is 4.90 Å². The zero-order valence-electron chi connectivity index (χ0n) is 12.0. The molecular weight excluding hydrogens is 294 g/mol. The van der Waals surface area contributed by atoms with E-state index in [1.807, 2.05) is 14.1 Å². The van der Waals surface area contributed by atoms with Gasteiger partial charge in [0.1, 0.15) is 0 Å². The van der Waals surface area contributed by atoms with E-state index in [2.05, 4.69) is 15.2 Å². The summed E-state index contributed by atoms with van der Waals surface area (Å²) >= 11 is 1.37. The molecule has 0 aliphatic carbocycles. The number of aromatic nitrogens is 1. The summed E-state index contributed by atoms with van der Waals surface area (Å²) in [5.41, 5.74) is 6.93. The molecule has 0 spiro atoms. The number of nitrogens with two attached hydrogens (primary N) is 1. The summed E-state index contributed by atoms with van der Waals surface area (Å²) in [6, 6.07) is 3.78. The van der Waals surface area contributed by atoms with Crippen molar-refractivity contribution in [3.8, 4) is 11.3 Å². The maximum Gasteiger partial charge on any atom is 0.180 e. The summed E-state index contributed by atoms with van der Waals surface area (Å²) in [7, 11) is 3.88. The topological polar surface area (TPSA) is 54.2 Å². The molecule has 0 amide bonds. The van der Waals surface area contributed by atoms with Gasteiger partial charge in [-0.1, -0.05) is 0 Å². The van der Waals surface area contributed by atoms with E-state index in [4.69, 9.17) is 5.73 Å². The van der Waals surface area contributed by atoms with Gasteiger partial charge in [-0.2, -0.15) is 0 Å². The Hall–Kier alpha value is -1.57. The first kappa shape index (κ1) is 15.8. The number of rotatable bonds is 6. The summed E-state index contributed by atoms with van der Waals surface area (Å²) in [6.07, 6.45) is 0. The van der Waals surface area contributed by atoms with E-state index in [1.54, 1.807) is 0 Å². The minimum atomic E-state index is -0.881. The van der Waals surface area contributed by atoms with E-state index >= 15 is 0 Å². The van der Waals surface area contributed by atoms with Crippen LogP contribution in [0.2, 0.25) is 0 Å². The van der Waals surface area contributed by atoms with E-state index in [1.165, 1.54) is 17.4 Å². The number of nitrogens with one attached hydrogen (secondary N) is 1. The molecule has 0 atom stereocenters. The lowest BCUT2D eigenvalue weighted by molar-refractivity contribution is 0.331. The van der Waals surface area contributed by atoms with Crippen LogP contribution in [0.1, 0.15) is 4.88 Å². The second-order valence-corrected chi connectivity index (χ2v) is 5.91. The van der Waals surface area contributed by atoms with Gasteiger partial charge >= 0.3 is 0 Å². The van der Waals surface area contributed by atoms with Crippen molar-refractivity contribution in [2.24, 2.45) is 0 Å². The first-order chi connectivity index (χ1) is 10.0. The highest BCUT2D eigenvalue weighted by atomic mass is 32.1. The van der Waals surface area contributed by atoms with Gasteiger partial charge in [-0.15, -0.1) is 11.3 Å². The molecule has 1 aromatic carbocycles. The average Bonchev–Trinajstić information content (AvgIpc) is 2.80. The van der Waals surface area contributed by atoms with Crippen molar-refractivity contribution in [1.29, 1.82) is 0 Å². The Morgan fingerprint density at radius 1 is 1.33 bits per heavy atom. The number of thiazole rings is 1. The lowest BCUT2D eigenvalue weighted by atomic mass is 10.1. The van der Waals surface area contributed by atoms with Gasteiger partial charge in [0, 0.05) is 30.1 Å². The van der Waals surface area contributed by atoms with E-state index in [-0.39, 0.29) is 0 Å². The van der Waals surface area contributed by atoms with Gasteiger partial charge in [0.2, 0.25) is 0 Å². The molecule has 0 saturated carbocycles. The maximum atomic E-state index is 13.4. The van der Waals surface area contributed by atoms with Crippen molar-refractivity contribution in [3.05, 3.63) is 34.7 Å². The number of hydrogen-bond donors (Lipinski definition) is 2. The van der Waals surface area contributed by atoms with Crippen LogP contribution in [0.15, 0.2) is 18.2 Å². The third-order valence-corrected chi connectivity index (χ3v) is 3.93. The summed E-state index contributed by atoms with van der Waals surface area (Å²) in [6.45, 7) is 2.39. The predicted octanol–water partition coefficient (Wildman–Crippen LogP) is 2.32. The molecule has 0 unspecified atom stereocenters. The molecule has 4 nitrogen and oxygen atoms in total. The normalized spacial score (nSPS) is 11.3. The van der Waals surface area contributed by atoms with E-state index in [0.29, 0.717) is 22.9 Å². The Kier molecular flexibility index (Phi) is 5.22. The maximum absolute atomic E-state index is 13.4. The van der Waals surface area contributed by atoms with Gasteiger partial charge in [0.05, 0.1) is 5.69 Å². The molecule has 3 N–H and O–H groups in total. The largest absolute Gasteiger partial charge is 0.375 e. The van der Waals surface area contributed by atoms with E-state index < -0.39 is 11.6 Å². The third kappa shape index (κ3) is 3.96. The SMILES string of the molecule is CNCCN(C)Cc1sc(N)nc1-c1ccc(F)c(F)c1. The molecule has 0 bridgehead atoms. The highest BCUT2D eigenvalue weighted by Gasteiger charge is 2.15. The Morgan fingerprint density at radius 2 is 2.10 bits per heavy atom. The standard InChI is InChI=1S/C14H18F2N4S/c1-18-5-6-20(2)8-12-13(19-14(17)21-12)9-3-4-10(15)11(16)7-9/h3-4,7,18H,5-6,8H2,1-2H3,(H2,17,19). The second kappa shape index (κ2) is 6.93. The Bertz CT molecular complexity index is 615. The van der Waals surface area contributed by atoms with Crippen LogP contribution in [-0.2, 0) is 6.54 Å². The molecule has 0 fully saturated rings. The predicted molar refractivity (Wildman–Crippen MR) is 82.1 cm³/mol. The van der Waals surface area contributed by atoms with E-state index in [9.17, 15) is 8.78 Å². The summed E-state index contributed by atoms with van der Waals surface area (Å²) in [4.78, 5) is 7.31.